The van der Waals surface area contributed by atoms with Gasteiger partial charge in [-0.3, -0.25) is 78.8 Å². The monoisotopic (exact) mass is 1140 g/mol. The van der Waals surface area contributed by atoms with Gasteiger partial charge >= 0.3 is 0 Å². The van der Waals surface area contributed by atoms with Crippen LogP contribution in [-0.4, -0.2) is 115 Å². The Kier molecular flexibility index (Phi) is 17.6. The van der Waals surface area contributed by atoms with Crippen molar-refractivity contribution in [3.05, 3.63) is 140 Å². The smallest absolute Gasteiger partial charge is 0.255 e. The number of imide groups is 4. The quantitative estimate of drug-likeness (QED) is 0.142. The Morgan fingerprint density at radius 1 is 0.357 bits per heavy atom. The minimum Gasteiger partial charge on any atom is -0.322 e. The molecule has 12 amide bonds. The van der Waals surface area contributed by atoms with Gasteiger partial charge in [-0.05, 0) is 112 Å². The summed E-state index contributed by atoms with van der Waals surface area (Å²) < 4.78 is 0. The van der Waals surface area contributed by atoms with E-state index < -0.39 is 24.2 Å². The van der Waals surface area contributed by atoms with Crippen molar-refractivity contribution in [2.24, 2.45) is 0 Å². The van der Waals surface area contributed by atoms with Gasteiger partial charge in [0.2, 0.25) is 47.3 Å². The van der Waals surface area contributed by atoms with Crippen molar-refractivity contribution in [2.75, 3.05) is 0 Å². The van der Waals surface area contributed by atoms with Crippen LogP contribution in [0.25, 0.3) is 0 Å². The second-order valence-electron chi connectivity index (χ2n) is 23.8. The van der Waals surface area contributed by atoms with Crippen molar-refractivity contribution in [2.45, 2.75) is 181 Å². The summed E-state index contributed by atoms with van der Waals surface area (Å²) in [6.07, 6.45) is 2.76. The van der Waals surface area contributed by atoms with Crippen molar-refractivity contribution in [1.29, 1.82) is 0 Å². The third-order valence-electron chi connectivity index (χ3n) is 16.9. The Labute approximate surface area is 487 Å². The molecule has 0 radical (unpaired) electrons. The van der Waals surface area contributed by atoms with E-state index in [0.29, 0.717) is 86.3 Å². The normalized spacial score (nSPS) is 21.8. The van der Waals surface area contributed by atoms with E-state index in [4.69, 9.17) is 0 Å². The van der Waals surface area contributed by atoms with Gasteiger partial charge in [-0.15, -0.1) is 0 Å². The second-order valence-corrected chi connectivity index (χ2v) is 23.8. The molecule has 84 heavy (non-hydrogen) atoms. The molecule has 4 fully saturated rings. The molecule has 8 heterocycles. The molecule has 20 nitrogen and oxygen atoms in total. The first-order valence-corrected chi connectivity index (χ1v) is 29.0. The Balaban J connectivity index is 0.000000134. The van der Waals surface area contributed by atoms with Gasteiger partial charge in [0.1, 0.15) is 24.2 Å². The summed E-state index contributed by atoms with van der Waals surface area (Å²) in [5.41, 5.74) is 11.2. The molecule has 12 rings (SSSR count). The zero-order valence-corrected chi connectivity index (χ0v) is 48.7. The zero-order chi connectivity index (χ0) is 60.6. The summed E-state index contributed by atoms with van der Waals surface area (Å²) in [5.74, 6) is -1.59. The van der Waals surface area contributed by atoms with E-state index in [2.05, 4.69) is 76.7 Å². The standard InChI is InChI=1S/4C16H18N2O3/c1-9(2)10-3-4-12-11(7-10)8-18(16(12)21)13-5-6-14(19)17-15(13)20;1-9(2)10-3-4-11-8-18(16(21)12(11)7-10)13-5-6-14(19)17-15(13)20;1-9(2)10-4-3-5-11-12(10)8-18(16(11)21)13-6-7-14(19)17-15(13)20;1-9(2)11-5-3-4-10-8-18(16(21)14(10)11)12-6-7-13(19)17-15(12)20/h2*3-4,7,9,13H,5-6,8H2,1-2H3,(H,17,19,20);3-5,9,13H,6-8H2,1-2H3,(H,17,19,20);3-5,9,12H,6-8H2,1-2H3,(H,17,19,20). The van der Waals surface area contributed by atoms with E-state index in [1.165, 1.54) is 5.56 Å². The molecule has 0 spiro atoms. The number of fused-ring (bicyclic) bond motifs is 4. The third-order valence-corrected chi connectivity index (χ3v) is 16.9. The van der Waals surface area contributed by atoms with Crippen LogP contribution in [0.5, 0.6) is 0 Å². The maximum absolute atomic E-state index is 12.7. The summed E-state index contributed by atoms with van der Waals surface area (Å²) >= 11 is 0. The van der Waals surface area contributed by atoms with Crippen LogP contribution in [0, 0.1) is 0 Å². The highest BCUT2D eigenvalue weighted by molar-refractivity contribution is 6.09. The maximum Gasteiger partial charge on any atom is 0.255 e. The lowest BCUT2D eigenvalue weighted by molar-refractivity contribution is -0.138. The fourth-order valence-electron chi connectivity index (χ4n) is 12.2. The average Bonchev–Trinajstić information content (AvgIpc) is 4.40. The van der Waals surface area contributed by atoms with Crippen LogP contribution < -0.4 is 21.3 Å². The highest BCUT2D eigenvalue weighted by Gasteiger charge is 2.44. The molecule has 0 saturated carbocycles. The van der Waals surface area contributed by atoms with Crippen molar-refractivity contribution in [3.63, 3.8) is 0 Å². The number of hydrogen-bond donors (Lipinski definition) is 4. The first-order chi connectivity index (χ1) is 39.9. The van der Waals surface area contributed by atoms with Gasteiger partial charge in [-0.25, -0.2) is 0 Å². The van der Waals surface area contributed by atoms with Crippen LogP contribution in [-0.2, 0) is 64.5 Å². The number of carbonyl (C=O) groups excluding carboxylic acids is 12. The minimum atomic E-state index is -0.539. The van der Waals surface area contributed by atoms with Gasteiger partial charge in [-0.1, -0.05) is 110 Å². The highest BCUT2D eigenvalue weighted by Crippen LogP contribution is 2.36. The maximum atomic E-state index is 12.7. The van der Waals surface area contributed by atoms with Gasteiger partial charge in [0, 0.05) is 74.1 Å². The van der Waals surface area contributed by atoms with Gasteiger partial charge in [0.15, 0.2) is 0 Å². The lowest BCUT2D eigenvalue weighted by Gasteiger charge is -2.29. The van der Waals surface area contributed by atoms with Crippen LogP contribution >= 0.6 is 0 Å². The van der Waals surface area contributed by atoms with E-state index in [1.807, 2.05) is 72.8 Å². The van der Waals surface area contributed by atoms with E-state index in [-0.39, 0.29) is 102 Å². The van der Waals surface area contributed by atoms with Crippen molar-refractivity contribution in [3.8, 4) is 0 Å². The average molecular weight is 1150 g/mol. The summed E-state index contributed by atoms with van der Waals surface area (Å²) in [6.45, 7) is 18.5. The van der Waals surface area contributed by atoms with Crippen LogP contribution in [0.4, 0.5) is 0 Å². The van der Waals surface area contributed by atoms with Crippen LogP contribution in [0.1, 0.15) is 216 Å². The van der Waals surface area contributed by atoms with Crippen molar-refractivity contribution >= 4 is 70.9 Å². The Hall–Kier alpha value is -8.68. The number of nitrogens with zero attached hydrogens (tertiary/aromatic N) is 4. The van der Waals surface area contributed by atoms with E-state index in [0.717, 1.165) is 44.5 Å². The summed E-state index contributed by atoms with van der Waals surface area (Å²) in [6, 6.07) is 21.2. The molecule has 0 aromatic heterocycles. The Morgan fingerprint density at radius 2 is 0.750 bits per heavy atom. The number of amides is 12. The van der Waals surface area contributed by atoms with Gasteiger partial charge in [0.05, 0.1) is 0 Å². The minimum absolute atomic E-state index is 0.0937. The first-order valence-electron chi connectivity index (χ1n) is 29.0. The molecule has 0 bridgehead atoms. The van der Waals surface area contributed by atoms with E-state index >= 15 is 0 Å². The van der Waals surface area contributed by atoms with Crippen molar-refractivity contribution < 1.29 is 57.5 Å². The molecule has 440 valence electrons. The molecule has 8 aliphatic heterocycles. The molecule has 20 heteroatoms. The summed E-state index contributed by atoms with van der Waals surface area (Å²) in [7, 11) is 0. The Bertz CT molecular complexity index is 3360. The number of piperidine rings is 4. The molecule has 4 unspecified atom stereocenters. The summed E-state index contributed by atoms with van der Waals surface area (Å²) in [5, 5.41) is 9.26. The molecule has 4 aromatic rings. The van der Waals surface area contributed by atoms with Crippen LogP contribution in [0.15, 0.2) is 72.8 Å². The SMILES string of the molecule is CC(C)c1ccc2c(c1)C(=O)N(C1CCC(=O)NC1=O)C2.CC(C)c1ccc2c(c1)CN(C1CCC(=O)NC1=O)C2=O.CC(C)c1cccc2c1C(=O)N(C1CCC(=O)NC1=O)C2.CC(C)c1cccc2c1CN(C1CCC(=O)NC1=O)C2=O. The highest BCUT2D eigenvalue weighted by atomic mass is 16.2. The number of benzene rings is 4. The predicted octanol–water partition coefficient (Wildman–Crippen LogP) is 6.28. The van der Waals surface area contributed by atoms with Crippen LogP contribution in [0.3, 0.4) is 0 Å². The van der Waals surface area contributed by atoms with E-state index in [1.54, 1.807) is 19.6 Å². The molecule has 4 atom stereocenters. The number of nitrogens with one attached hydrogen (secondary N) is 4. The predicted molar refractivity (Wildman–Crippen MR) is 306 cm³/mol. The van der Waals surface area contributed by atoms with Crippen LogP contribution in [0.2, 0.25) is 0 Å². The van der Waals surface area contributed by atoms with Gasteiger partial charge in [-0.2, -0.15) is 0 Å². The molecule has 8 aliphatic rings. The molecular formula is C64H72N8O12. The number of rotatable bonds is 8. The van der Waals surface area contributed by atoms with Crippen molar-refractivity contribution in [1.82, 2.24) is 40.9 Å². The molecule has 0 aliphatic carbocycles. The molecule has 4 saturated heterocycles. The third kappa shape index (κ3) is 12.2. The Morgan fingerprint density at radius 3 is 1.23 bits per heavy atom. The molecular weight excluding hydrogens is 1070 g/mol. The summed E-state index contributed by atoms with van der Waals surface area (Å²) in [4.78, 5) is 149. The second kappa shape index (κ2) is 24.6. The lowest BCUT2D eigenvalue weighted by atomic mass is 9.94. The number of hydrogen-bond acceptors (Lipinski definition) is 12. The van der Waals surface area contributed by atoms with Gasteiger partial charge < -0.3 is 19.6 Å². The topological polar surface area (TPSA) is 266 Å². The fraction of sp³-hybridized carbons (Fsp3) is 0.438. The lowest BCUT2D eigenvalue weighted by Crippen LogP contribution is -2.52. The number of carbonyl (C=O) groups is 12. The molecule has 4 N–H and O–H groups in total. The zero-order valence-electron chi connectivity index (χ0n) is 48.7. The first kappa shape index (κ1) is 59.9. The largest absolute Gasteiger partial charge is 0.322 e. The molecule has 4 aromatic carbocycles. The van der Waals surface area contributed by atoms with Gasteiger partial charge in [0.25, 0.3) is 23.6 Å². The fourth-order valence-corrected chi connectivity index (χ4v) is 12.2. The van der Waals surface area contributed by atoms with E-state index in [9.17, 15) is 57.5 Å².